The Labute approximate surface area is 150 Å². The van der Waals surface area contributed by atoms with Crippen molar-refractivity contribution in [1.82, 2.24) is 15.1 Å². The zero-order valence-corrected chi connectivity index (χ0v) is 15.8. The lowest BCUT2D eigenvalue weighted by atomic mass is 9.87. The molecule has 2 fully saturated rings. The smallest absolute Gasteiger partial charge is 0.323 e. The molecular formula is C20H29N3O2. The second-order valence-corrected chi connectivity index (χ2v) is 8.56. The molecular weight excluding hydrogens is 314 g/mol. The Morgan fingerprint density at radius 2 is 1.72 bits per heavy atom. The van der Waals surface area contributed by atoms with Gasteiger partial charge in [0.1, 0.15) is 5.54 Å². The number of amides is 3. The van der Waals surface area contributed by atoms with Gasteiger partial charge in [0.2, 0.25) is 0 Å². The number of hydrogen-bond donors (Lipinski definition) is 1. The average molecular weight is 343 g/mol. The Morgan fingerprint density at radius 1 is 1.12 bits per heavy atom. The number of benzene rings is 1. The number of nitrogens with one attached hydrogen (secondary N) is 1. The molecule has 0 bridgehead atoms. The van der Waals surface area contributed by atoms with Crippen molar-refractivity contribution in [2.75, 3.05) is 13.7 Å². The van der Waals surface area contributed by atoms with Crippen LogP contribution in [0.15, 0.2) is 24.3 Å². The molecule has 1 aliphatic heterocycles. The molecule has 0 unspecified atom stereocenters. The SMILES string of the molecule is CN(Cc1ccc(C(C)(C)C)cc1)CN1C(=O)NC2(CCCC2)C1=O. The van der Waals surface area contributed by atoms with E-state index in [2.05, 4.69) is 50.4 Å². The van der Waals surface area contributed by atoms with Crippen LogP contribution in [0.3, 0.4) is 0 Å². The number of carbonyl (C=O) groups is 2. The van der Waals surface area contributed by atoms with E-state index in [0.717, 1.165) is 25.7 Å². The minimum atomic E-state index is -0.619. The summed E-state index contributed by atoms with van der Waals surface area (Å²) in [5.41, 5.74) is 2.00. The number of carbonyl (C=O) groups excluding carboxylic acids is 2. The summed E-state index contributed by atoms with van der Waals surface area (Å²) in [7, 11) is 1.94. The van der Waals surface area contributed by atoms with E-state index in [1.165, 1.54) is 16.0 Å². The maximum absolute atomic E-state index is 12.7. The van der Waals surface area contributed by atoms with E-state index in [9.17, 15) is 9.59 Å². The van der Waals surface area contributed by atoms with Crippen molar-refractivity contribution in [2.45, 2.75) is 64.0 Å². The third-order valence-corrected chi connectivity index (χ3v) is 5.36. The first-order chi connectivity index (χ1) is 11.7. The van der Waals surface area contributed by atoms with Crippen LogP contribution in [0.4, 0.5) is 4.79 Å². The fourth-order valence-corrected chi connectivity index (χ4v) is 3.84. The maximum atomic E-state index is 12.7. The number of nitrogens with zero attached hydrogens (tertiary/aromatic N) is 2. The molecule has 1 aromatic rings. The molecule has 1 heterocycles. The molecule has 1 N–H and O–H groups in total. The fourth-order valence-electron chi connectivity index (χ4n) is 3.84. The molecule has 0 atom stereocenters. The second kappa shape index (κ2) is 6.45. The monoisotopic (exact) mass is 343 g/mol. The Balaban J connectivity index is 1.62. The summed E-state index contributed by atoms with van der Waals surface area (Å²) in [4.78, 5) is 28.3. The van der Waals surface area contributed by atoms with Gasteiger partial charge < -0.3 is 5.32 Å². The van der Waals surface area contributed by atoms with Crippen molar-refractivity contribution in [2.24, 2.45) is 0 Å². The van der Waals surface area contributed by atoms with Crippen LogP contribution < -0.4 is 5.32 Å². The Kier molecular flexibility index (Phi) is 4.62. The summed E-state index contributed by atoms with van der Waals surface area (Å²) in [5.74, 6) is -0.0510. The molecule has 2 aliphatic rings. The van der Waals surface area contributed by atoms with Gasteiger partial charge in [0.25, 0.3) is 5.91 Å². The van der Waals surface area contributed by atoms with Gasteiger partial charge in [-0.3, -0.25) is 9.69 Å². The Hall–Kier alpha value is -1.88. The summed E-state index contributed by atoms with van der Waals surface area (Å²) in [6.45, 7) is 7.63. The molecule has 0 radical (unpaired) electrons. The lowest BCUT2D eigenvalue weighted by Crippen LogP contribution is -2.45. The summed E-state index contributed by atoms with van der Waals surface area (Å²) in [6.07, 6.45) is 3.56. The molecule has 3 amide bonds. The largest absolute Gasteiger partial charge is 0.326 e. The molecule has 1 aliphatic carbocycles. The molecule has 1 spiro atoms. The molecule has 25 heavy (non-hydrogen) atoms. The van der Waals surface area contributed by atoms with Gasteiger partial charge in [-0.2, -0.15) is 0 Å². The minimum absolute atomic E-state index is 0.0510. The highest BCUT2D eigenvalue weighted by atomic mass is 16.2. The second-order valence-electron chi connectivity index (χ2n) is 8.56. The minimum Gasteiger partial charge on any atom is -0.323 e. The van der Waals surface area contributed by atoms with Gasteiger partial charge in [-0.25, -0.2) is 9.69 Å². The topological polar surface area (TPSA) is 52.6 Å². The Morgan fingerprint density at radius 3 is 2.28 bits per heavy atom. The lowest BCUT2D eigenvalue weighted by molar-refractivity contribution is -0.132. The summed E-state index contributed by atoms with van der Waals surface area (Å²) in [6, 6.07) is 8.32. The average Bonchev–Trinajstić information content (AvgIpc) is 3.08. The van der Waals surface area contributed by atoms with Crippen molar-refractivity contribution < 1.29 is 9.59 Å². The molecule has 1 saturated heterocycles. The van der Waals surface area contributed by atoms with Crippen LogP contribution in [0.1, 0.15) is 57.6 Å². The van der Waals surface area contributed by atoms with Gasteiger partial charge in [-0.05, 0) is 36.4 Å². The van der Waals surface area contributed by atoms with Crippen LogP contribution in [0.5, 0.6) is 0 Å². The summed E-state index contributed by atoms with van der Waals surface area (Å²) in [5, 5.41) is 2.93. The van der Waals surface area contributed by atoms with Crippen molar-refractivity contribution >= 4 is 11.9 Å². The van der Waals surface area contributed by atoms with Crippen LogP contribution in [-0.2, 0) is 16.8 Å². The van der Waals surface area contributed by atoms with E-state index in [-0.39, 0.29) is 17.4 Å². The number of hydrogen-bond acceptors (Lipinski definition) is 3. The normalized spacial score (nSPS) is 20.0. The van der Waals surface area contributed by atoms with Crippen LogP contribution in [0, 0.1) is 0 Å². The van der Waals surface area contributed by atoms with Gasteiger partial charge in [-0.1, -0.05) is 57.9 Å². The molecule has 0 aromatic heterocycles. The highest BCUT2D eigenvalue weighted by Gasteiger charge is 2.52. The molecule has 1 saturated carbocycles. The number of rotatable bonds is 4. The number of urea groups is 1. The third kappa shape index (κ3) is 3.56. The zero-order chi connectivity index (χ0) is 18.2. The highest BCUT2D eigenvalue weighted by Crippen LogP contribution is 2.35. The van der Waals surface area contributed by atoms with Crippen molar-refractivity contribution in [1.29, 1.82) is 0 Å². The maximum Gasteiger partial charge on any atom is 0.326 e. The molecule has 1 aromatic carbocycles. The van der Waals surface area contributed by atoms with E-state index in [1.807, 2.05) is 11.9 Å². The van der Waals surface area contributed by atoms with E-state index < -0.39 is 5.54 Å². The van der Waals surface area contributed by atoms with Gasteiger partial charge >= 0.3 is 6.03 Å². The first-order valence-electron chi connectivity index (χ1n) is 9.13. The first kappa shape index (κ1) is 17.9. The fraction of sp³-hybridized carbons (Fsp3) is 0.600. The van der Waals surface area contributed by atoms with E-state index in [1.54, 1.807) is 0 Å². The van der Waals surface area contributed by atoms with Gasteiger partial charge in [0.15, 0.2) is 0 Å². The molecule has 5 heteroatoms. The quantitative estimate of drug-likeness (QED) is 0.854. The predicted octanol–water partition coefficient (Wildman–Crippen LogP) is 3.24. The zero-order valence-electron chi connectivity index (χ0n) is 15.8. The number of imide groups is 1. The van der Waals surface area contributed by atoms with Crippen molar-refractivity contribution in [3.8, 4) is 0 Å². The van der Waals surface area contributed by atoms with Gasteiger partial charge in [-0.15, -0.1) is 0 Å². The van der Waals surface area contributed by atoms with E-state index in [0.29, 0.717) is 13.2 Å². The molecule has 3 rings (SSSR count). The van der Waals surface area contributed by atoms with Crippen LogP contribution in [0.2, 0.25) is 0 Å². The molecule has 136 valence electrons. The van der Waals surface area contributed by atoms with Crippen LogP contribution in [0.25, 0.3) is 0 Å². The summed E-state index contributed by atoms with van der Waals surface area (Å²) >= 11 is 0. The van der Waals surface area contributed by atoms with E-state index >= 15 is 0 Å². The first-order valence-corrected chi connectivity index (χ1v) is 9.13. The lowest BCUT2D eigenvalue weighted by Gasteiger charge is -2.24. The van der Waals surface area contributed by atoms with Crippen LogP contribution in [-0.4, -0.2) is 41.0 Å². The van der Waals surface area contributed by atoms with E-state index in [4.69, 9.17) is 0 Å². The predicted molar refractivity (Wildman–Crippen MR) is 98.1 cm³/mol. The summed E-state index contributed by atoms with van der Waals surface area (Å²) < 4.78 is 0. The van der Waals surface area contributed by atoms with Crippen molar-refractivity contribution in [3.63, 3.8) is 0 Å². The highest BCUT2D eigenvalue weighted by molar-refractivity contribution is 6.07. The van der Waals surface area contributed by atoms with Gasteiger partial charge in [0.05, 0.1) is 6.67 Å². The molecule has 5 nitrogen and oxygen atoms in total. The van der Waals surface area contributed by atoms with Gasteiger partial charge in [0, 0.05) is 6.54 Å². The standard InChI is InChI=1S/C20H29N3O2/c1-19(2,3)16-9-7-15(8-10-16)13-22(4)14-23-17(24)20(21-18(23)25)11-5-6-12-20/h7-10H,5-6,11-14H2,1-4H3,(H,21,25). The Bertz CT molecular complexity index is 655. The van der Waals surface area contributed by atoms with Crippen molar-refractivity contribution in [3.05, 3.63) is 35.4 Å². The van der Waals surface area contributed by atoms with Crippen LogP contribution >= 0.6 is 0 Å². The third-order valence-electron chi connectivity index (χ3n) is 5.36.